The zero-order valence-corrected chi connectivity index (χ0v) is 10.7. The van der Waals surface area contributed by atoms with Crippen LogP contribution in [0.4, 0.5) is 10.1 Å². The van der Waals surface area contributed by atoms with Gasteiger partial charge in [0.1, 0.15) is 11.6 Å². The highest BCUT2D eigenvalue weighted by atomic mass is 19.1. The van der Waals surface area contributed by atoms with E-state index >= 15 is 0 Å². The molecule has 1 aliphatic heterocycles. The summed E-state index contributed by atoms with van der Waals surface area (Å²) in [6.07, 6.45) is 3.67. The van der Waals surface area contributed by atoms with E-state index in [1.807, 2.05) is 11.1 Å². The average Bonchev–Trinajstić information content (AvgIpc) is 2.93. The summed E-state index contributed by atoms with van der Waals surface area (Å²) >= 11 is 0. The standard InChI is InChI=1S/C13H14FN5O/c14-10-7-9(13(15)17-20)1-2-11(10)19-6-5-18-4-3-16-12(18)8-19/h1-4,7,20H,5-6,8H2,(H2,15,17). The Balaban J connectivity index is 1.89. The zero-order chi connectivity index (χ0) is 14.1. The van der Waals surface area contributed by atoms with Crippen molar-refractivity contribution in [3.05, 3.63) is 47.8 Å². The number of aromatic nitrogens is 2. The third kappa shape index (κ3) is 2.07. The van der Waals surface area contributed by atoms with E-state index in [0.29, 0.717) is 24.3 Å². The molecule has 3 N–H and O–H groups in total. The molecule has 1 aromatic heterocycles. The number of nitrogens with two attached hydrogens (primary N) is 1. The lowest BCUT2D eigenvalue weighted by Crippen LogP contribution is -2.34. The molecule has 1 aromatic carbocycles. The molecule has 0 radical (unpaired) electrons. The predicted molar refractivity (Wildman–Crippen MR) is 72.2 cm³/mol. The van der Waals surface area contributed by atoms with Crippen LogP contribution < -0.4 is 10.6 Å². The Kier molecular flexibility index (Phi) is 3.02. The molecule has 2 aromatic rings. The van der Waals surface area contributed by atoms with E-state index in [9.17, 15) is 4.39 Å². The van der Waals surface area contributed by atoms with Crippen molar-refractivity contribution in [3.8, 4) is 0 Å². The van der Waals surface area contributed by atoms with Crippen molar-refractivity contribution in [2.45, 2.75) is 13.1 Å². The van der Waals surface area contributed by atoms with Gasteiger partial charge in [-0.2, -0.15) is 0 Å². The highest BCUT2D eigenvalue weighted by molar-refractivity contribution is 5.97. The second-order valence-electron chi connectivity index (χ2n) is 4.61. The first kappa shape index (κ1) is 12.5. The Morgan fingerprint density at radius 2 is 2.25 bits per heavy atom. The van der Waals surface area contributed by atoms with Gasteiger partial charge in [-0.1, -0.05) is 5.16 Å². The third-order valence-electron chi connectivity index (χ3n) is 3.44. The molecule has 0 saturated heterocycles. The highest BCUT2D eigenvalue weighted by Crippen LogP contribution is 2.24. The summed E-state index contributed by atoms with van der Waals surface area (Å²) in [7, 11) is 0. The van der Waals surface area contributed by atoms with Crippen molar-refractivity contribution in [1.29, 1.82) is 0 Å². The maximum atomic E-state index is 14.2. The second kappa shape index (κ2) is 4.84. The number of nitrogens with zero attached hydrogens (tertiary/aromatic N) is 4. The van der Waals surface area contributed by atoms with Gasteiger partial charge in [-0.15, -0.1) is 0 Å². The normalized spacial score (nSPS) is 15.2. The first-order valence-electron chi connectivity index (χ1n) is 6.21. The predicted octanol–water partition coefficient (Wildman–Crippen LogP) is 1.14. The molecule has 0 saturated carbocycles. The van der Waals surface area contributed by atoms with Crippen molar-refractivity contribution in [3.63, 3.8) is 0 Å². The number of anilines is 1. The molecule has 0 amide bonds. The minimum absolute atomic E-state index is 0.107. The van der Waals surface area contributed by atoms with Crippen molar-refractivity contribution >= 4 is 11.5 Å². The Hall–Kier alpha value is -2.57. The Morgan fingerprint density at radius 3 is 3.00 bits per heavy atom. The lowest BCUT2D eigenvalue weighted by molar-refractivity contribution is 0.318. The van der Waals surface area contributed by atoms with Crippen LogP contribution in [0, 0.1) is 5.82 Å². The van der Waals surface area contributed by atoms with Gasteiger partial charge >= 0.3 is 0 Å². The van der Waals surface area contributed by atoms with Crippen molar-refractivity contribution in [2.24, 2.45) is 10.9 Å². The molecule has 2 heterocycles. The summed E-state index contributed by atoms with van der Waals surface area (Å²) in [5.41, 5.74) is 6.30. The number of oxime groups is 1. The van der Waals surface area contributed by atoms with Gasteiger partial charge in [0.25, 0.3) is 0 Å². The molecule has 3 rings (SSSR count). The molecule has 7 heteroatoms. The molecule has 104 valence electrons. The number of amidine groups is 1. The first-order valence-corrected chi connectivity index (χ1v) is 6.21. The summed E-state index contributed by atoms with van der Waals surface area (Å²) in [4.78, 5) is 6.17. The Morgan fingerprint density at radius 1 is 1.40 bits per heavy atom. The summed E-state index contributed by atoms with van der Waals surface area (Å²) in [6.45, 7) is 2.05. The number of rotatable bonds is 2. The quantitative estimate of drug-likeness (QED) is 0.373. The third-order valence-corrected chi connectivity index (χ3v) is 3.44. The van der Waals surface area contributed by atoms with E-state index in [2.05, 4.69) is 14.7 Å². The molecule has 6 nitrogen and oxygen atoms in total. The van der Waals surface area contributed by atoms with Crippen LogP contribution in [0.15, 0.2) is 35.7 Å². The van der Waals surface area contributed by atoms with Crippen LogP contribution in [0.3, 0.4) is 0 Å². The van der Waals surface area contributed by atoms with Crippen molar-refractivity contribution in [1.82, 2.24) is 9.55 Å². The van der Waals surface area contributed by atoms with Crippen LogP contribution in [0.25, 0.3) is 0 Å². The second-order valence-corrected chi connectivity index (χ2v) is 4.61. The van der Waals surface area contributed by atoms with Crippen LogP contribution in [-0.4, -0.2) is 27.1 Å². The van der Waals surface area contributed by atoms with E-state index in [0.717, 1.165) is 12.4 Å². The van der Waals surface area contributed by atoms with Crippen LogP contribution in [0.1, 0.15) is 11.4 Å². The number of fused-ring (bicyclic) bond motifs is 1. The lowest BCUT2D eigenvalue weighted by atomic mass is 10.1. The minimum Gasteiger partial charge on any atom is -0.409 e. The average molecular weight is 275 g/mol. The van der Waals surface area contributed by atoms with Crippen molar-refractivity contribution < 1.29 is 9.60 Å². The van der Waals surface area contributed by atoms with Crippen molar-refractivity contribution in [2.75, 3.05) is 11.4 Å². The fourth-order valence-corrected chi connectivity index (χ4v) is 2.36. The summed E-state index contributed by atoms with van der Waals surface area (Å²) in [5, 5.41) is 11.5. The number of halogens is 1. The zero-order valence-electron chi connectivity index (χ0n) is 10.7. The molecule has 1 aliphatic rings. The fourth-order valence-electron chi connectivity index (χ4n) is 2.36. The monoisotopic (exact) mass is 275 g/mol. The smallest absolute Gasteiger partial charge is 0.170 e. The van der Waals surface area contributed by atoms with E-state index in [4.69, 9.17) is 10.9 Å². The number of imidazole rings is 1. The van der Waals surface area contributed by atoms with Crippen LogP contribution >= 0.6 is 0 Å². The molecular weight excluding hydrogens is 261 g/mol. The number of benzene rings is 1. The van der Waals surface area contributed by atoms with Gasteiger partial charge in [0.15, 0.2) is 5.84 Å². The first-order chi connectivity index (χ1) is 9.69. The van der Waals surface area contributed by atoms with Gasteiger partial charge in [-0.25, -0.2) is 9.37 Å². The summed E-state index contributed by atoms with van der Waals surface area (Å²) in [6, 6.07) is 4.54. The summed E-state index contributed by atoms with van der Waals surface area (Å²) in [5.74, 6) is 0.412. The van der Waals surface area contributed by atoms with Crippen LogP contribution in [0.5, 0.6) is 0 Å². The van der Waals surface area contributed by atoms with E-state index < -0.39 is 5.82 Å². The topological polar surface area (TPSA) is 79.7 Å². The molecule has 0 spiro atoms. The Labute approximate surface area is 114 Å². The van der Waals surface area contributed by atoms with E-state index in [1.165, 1.54) is 6.07 Å². The summed E-state index contributed by atoms with van der Waals surface area (Å²) < 4.78 is 16.2. The molecule has 0 unspecified atom stereocenters. The van der Waals surface area contributed by atoms with Gasteiger partial charge < -0.3 is 20.4 Å². The fraction of sp³-hybridized carbons (Fsp3) is 0.231. The van der Waals surface area contributed by atoms with E-state index in [1.54, 1.807) is 18.3 Å². The lowest BCUT2D eigenvalue weighted by Gasteiger charge is -2.29. The Bertz CT molecular complexity index is 667. The number of hydrogen-bond donors (Lipinski definition) is 2. The highest BCUT2D eigenvalue weighted by Gasteiger charge is 2.19. The van der Waals surface area contributed by atoms with Crippen LogP contribution in [-0.2, 0) is 13.1 Å². The SMILES string of the molecule is NC(=NO)c1ccc(N2CCn3ccnc3C2)c(F)c1. The van der Waals surface area contributed by atoms with Gasteiger partial charge in [0, 0.05) is 31.0 Å². The largest absolute Gasteiger partial charge is 0.409 e. The van der Waals surface area contributed by atoms with Gasteiger partial charge in [-0.05, 0) is 18.2 Å². The number of hydrogen-bond acceptors (Lipinski definition) is 4. The molecule has 0 aliphatic carbocycles. The molecular formula is C13H14FN5O. The maximum absolute atomic E-state index is 14.2. The molecule has 0 bridgehead atoms. The molecule has 0 atom stereocenters. The van der Waals surface area contributed by atoms with Gasteiger partial charge in [-0.3, -0.25) is 0 Å². The van der Waals surface area contributed by atoms with Crippen LogP contribution in [0.2, 0.25) is 0 Å². The molecule has 20 heavy (non-hydrogen) atoms. The minimum atomic E-state index is -0.394. The molecule has 0 fully saturated rings. The van der Waals surface area contributed by atoms with E-state index in [-0.39, 0.29) is 5.84 Å². The van der Waals surface area contributed by atoms with Gasteiger partial charge in [0.05, 0.1) is 12.2 Å². The van der Waals surface area contributed by atoms with Gasteiger partial charge in [0.2, 0.25) is 0 Å². The maximum Gasteiger partial charge on any atom is 0.170 e.